The van der Waals surface area contributed by atoms with Crippen molar-refractivity contribution in [3.05, 3.63) is 71.5 Å². The molecule has 0 saturated heterocycles. The van der Waals surface area contributed by atoms with Crippen molar-refractivity contribution >= 4 is 11.9 Å². The lowest BCUT2D eigenvalue weighted by atomic mass is 10.2. The zero-order valence-electron chi connectivity index (χ0n) is 12.5. The van der Waals surface area contributed by atoms with Crippen LogP contribution in [0.1, 0.15) is 11.1 Å². The molecule has 0 aliphatic heterocycles. The van der Waals surface area contributed by atoms with E-state index in [4.69, 9.17) is 0 Å². The van der Waals surface area contributed by atoms with E-state index >= 15 is 0 Å². The highest BCUT2D eigenvalue weighted by atomic mass is 19.1. The van der Waals surface area contributed by atoms with Gasteiger partial charge in [0.05, 0.1) is 6.54 Å². The number of hydrogen-bond acceptors (Lipinski definition) is 2. The van der Waals surface area contributed by atoms with Crippen LogP contribution in [-0.2, 0) is 17.9 Å². The van der Waals surface area contributed by atoms with Gasteiger partial charge < -0.3 is 16.0 Å². The molecular formula is C17H18FN3O2. The molecule has 3 amide bonds. The average Bonchev–Trinajstić information content (AvgIpc) is 2.58. The van der Waals surface area contributed by atoms with Gasteiger partial charge in [-0.2, -0.15) is 0 Å². The van der Waals surface area contributed by atoms with Crippen molar-refractivity contribution in [2.24, 2.45) is 0 Å². The molecule has 0 atom stereocenters. The van der Waals surface area contributed by atoms with Crippen LogP contribution in [0.15, 0.2) is 54.6 Å². The smallest absolute Gasteiger partial charge is 0.315 e. The van der Waals surface area contributed by atoms with E-state index in [1.54, 1.807) is 12.1 Å². The minimum atomic E-state index is -0.454. The fraction of sp³-hybridized carbons (Fsp3) is 0.176. The summed E-state index contributed by atoms with van der Waals surface area (Å²) in [6.07, 6.45) is 0. The van der Waals surface area contributed by atoms with Crippen molar-refractivity contribution in [3.63, 3.8) is 0 Å². The maximum atomic E-state index is 12.7. The number of amides is 3. The van der Waals surface area contributed by atoms with Crippen molar-refractivity contribution in [2.45, 2.75) is 13.1 Å². The van der Waals surface area contributed by atoms with Gasteiger partial charge in [0.1, 0.15) is 5.82 Å². The Kier molecular flexibility index (Phi) is 6.11. The predicted molar refractivity (Wildman–Crippen MR) is 84.9 cm³/mol. The van der Waals surface area contributed by atoms with Crippen molar-refractivity contribution in [3.8, 4) is 0 Å². The number of carbonyl (C=O) groups is 2. The number of rotatable bonds is 6. The van der Waals surface area contributed by atoms with E-state index < -0.39 is 6.03 Å². The summed E-state index contributed by atoms with van der Waals surface area (Å²) in [5.41, 5.74) is 1.76. The normalized spacial score (nSPS) is 9.96. The molecule has 2 rings (SSSR count). The lowest BCUT2D eigenvalue weighted by molar-refractivity contribution is -0.120. The Morgan fingerprint density at radius 1 is 0.783 bits per heavy atom. The van der Waals surface area contributed by atoms with Crippen LogP contribution in [0.5, 0.6) is 0 Å². The molecule has 2 aromatic rings. The molecular weight excluding hydrogens is 297 g/mol. The number of halogens is 1. The molecule has 0 fully saturated rings. The van der Waals surface area contributed by atoms with Crippen LogP contribution in [-0.4, -0.2) is 18.5 Å². The van der Waals surface area contributed by atoms with Crippen LogP contribution >= 0.6 is 0 Å². The van der Waals surface area contributed by atoms with Gasteiger partial charge in [-0.25, -0.2) is 9.18 Å². The lowest BCUT2D eigenvalue weighted by Gasteiger charge is -2.08. The summed E-state index contributed by atoms with van der Waals surface area (Å²) in [5.74, 6) is -0.598. The minimum absolute atomic E-state index is 0.109. The maximum absolute atomic E-state index is 12.7. The van der Waals surface area contributed by atoms with Gasteiger partial charge in [0, 0.05) is 13.1 Å². The minimum Gasteiger partial charge on any atom is -0.350 e. The molecule has 0 bridgehead atoms. The topological polar surface area (TPSA) is 70.2 Å². The molecule has 120 valence electrons. The molecule has 0 aromatic heterocycles. The van der Waals surface area contributed by atoms with Crippen molar-refractivity contribution in [2.75, 3.05) is 6.54 Å². The Hall–Kier alpha value is -2.89. The lowest BCUT2D eigenvalue weighted by Crippen LogP contribution is -2.41. The third-order valence-electron chi connectivity index (χ3n) is 3.11. The molecule has 0 spiro atoms. The van der Waals surface area contributed by atoms with Gasteiger partial charge in [-0.15, -0.1) is 0 Å². The molecule has 0 aliphatic carbocycles. The third kappa shape index (κ3) is 6.17. The van der Waals surface area contributed by atoms with Gasteiger partial charge in [-0.1, -0.05) is 42.5 Å². The van der Waals surface area contributed by atoms with Gasteiger partial charge in [-0.05, 0) is 23.3 Å². The van der Waals surface area contributed by atoms with Crippen LogP contribution in [0.3, 0.4) is 0 Å². The van der Waals surface area contributed by atoms with E-state index in [2.05, 4.69) is 16.0 Å². The molecule has 3 N–H and O–H groups in total. The molecule has 2 aromatic carbocycles. The molecule has 0 saturated carbocycles. The van der Waals surface area contributed by atoms with Gasteiger partial charge in [0.25, 0.3) is 0 Å². The molecule has 6 heteroatoms. The van der Waals surface area contributed by atoms with Gasteiger partial charge in [0.15, 0.2) is 0 Å². The summed E-state index contributed by atoms with van der Waals surface area (Å²) in [6.45, 7) is 0.568. The number of carbonyl (C=O) groups excluding carboxylic acids is 2. The molecule has 23 heavy (non-hydrogen) atoms. The van der Waals surface area contributed by atoms with Crippen molar-refractivity contribution in [1.82, 2.24) is 16.0 Å². The Labute approximate surface area is 133 Å². The second-order valence-corrected chi connectivity index (χ2v) is 4.93. The molecule has 0 heterocycles. The molecule has 5 nitrogen and oxygen atoms in total. The Balaban J connectivity index is 1.63. The largest absolute Gasteiger partial charge is 0.350 e. The quantitative estimate of drug-likeness (QED) is 0.762. The zero-order chi connectivity index (χ0) is 16.5. The van der Waals surface area contributed by atoms with Gasteiger partial charge in [0.2, 0.25) is 5.91 Å². The van der Waals surface area contributed by atoms with Crippen molar-refractivity contribution in [1.29, 1.82) is 0 Å². The van der Waals surface area contributed by atoms with E-state index in [0.717, 1.165) is 11.1 Å². The van der Waals surface area contributed by atoms with Crippen LogP contribution in [0.2, 0.25) is 0 Å². The number of nitrogens with one attached hydrogen (secondary N) is 3. The predicted octanol–water partition coefficient (Wildman–Crippen LogP) is 1.94. The van der Waals surface area contributed by atoms with Crippen LogP contribution in [0.4, 0.5) is 9.18 Å². The average molecular weight is 315 g/mol. The Morgan fingerprint density at radius 2 is 1.39 bits per heavy atom. The van der Waals surface area contributed by atoms with E-state index in [0.29, 0.717) is 6.54 Å². The Morgan fingerprint density at radius 3 is 2.09 bits per heavy atom. The second-order valence-electron chi connectivity index (χ2n) is 4.93. The molecule has 0 aliphatic rings. The summed E-state index contributed by atoms with van der Waals surface area (Å²) in [5, 5.41) is 7.77. The zero-order valence-corrected chi connectivity index (χ0v) is 12.5. The van der Waals surface area contributed by atoms with E-state index in [1.807, 2.05) is 30.3 Å². The standard InChI is InChI=1S/C17H18FN3O2/c18-15-8-6-14(7-9-15)11-20-17(23)21-12-16(22)19-10-13-4-2-1-3-5-13/h1-9H,10-12H2,(H,19,22)(H2,20,21,23). The molecule has 0 radical (unpaired) electrons. The van der Waals surface area contributed by atoms with Crippen LogP contribution in [0, 0.1) is 5.82 Å². The van der Waals surface area contributed by atoms with Gasteiger partial charge >= 0.3 is 6.03 Å². The fourth-order valence-electron chi connectivity index (χ4n) is 1.87. The van der Waals surface area contributed by atoms with Gasteiger partial charge in [-0.3, -0.25) is 4.79 Å². The first-order valence-electron chi connectivity index (χ1n) is 7.20. The fourth-order valence-corrected chi connectivity index (χ4v) is 1.87. The highest BCUT2D eigenvalue weighted by Crippen LogP contribution is 2.01. The SMILES string of the molecule is O=C(CNC(=O)NCc1ccc(F)cc1)NCc1ccccc1. The second kappa shape index (κ2) is 8.53. The molecule has 0 unspecified atom stereocenters. The number of benzene rings is 2. The van der Waals surface area contributed by atoms with Crippen LogP contribution < -0.4 is 16.0 Å². The summed E-state index contributed by atoms with van der Waals surface area (Å²) >= 11 is 0. The number of urea groups is 1. The highest BCUT2D eigenvalue weighted by molar-refractivity contribution is 5.83. The van der Waals surface area contributed by atoms with E-state index in [9.17, 15) is 14.0 Å². The third-order valence-corrected chi connectivity index (χ3v) is 3.11. The summed E-state index contributed by atoms with van der Waals surface area (Å²) in [4.78, 5) is 23.2. The summed E-state index contributed by atoms with van der Waals surface area (Å²) in [7, 11) is 0. The highest BCUT2D eigenvalue weighted by Gasteiger charge is 2.05. The first-order valence-corrected chi connectivity index (χ1v) is 7.20. The first-order chi connectivity index (χ1) is 11.1. The Bertz CT molecular complexity index is 645. The first kappa shape index (κ1) is 16.5. The van der Waals surface area contributed by atoms with E-state index in [-0.39, 0.29) is 24.8 Å². The maximum Gasteiger partial charge on any atom is 0.315 e. The van der Waals surface area contributed by atoms with Crippen molar-refractivity contribution < 1.29 is 14.0 Å². The summed E-state index contributed by atoms with van der Waals surface area (Å²) < 4.78 is 12.7. The summed E-state index contributed by atoms with van der Waals surface area (Å²) in [6, 6.07) is 14.9. The monoisotopic (exact) mass is 315 g/mol. The van der Waals surface area contributed by atoms with Crippen LogP contribution in [0.25, 0.3) is 0 Å². The van der Waals surface area contributed by atoms with E-state index in [1.165, 1.54) is 12.1 Å². The number of hydrogen-bond donors (Lipinski definition) is 3.